The molecule has 0 bridgehead atoms. The summed E-state index contributed by atoms with van der Waals surface area (Å²) in [5.74, 6) is 0. The van der Waals surface area contributed by atoms with Crippen LogP contribution in [0.3, 0.4) is 0 Å². The topological polar surface area (TPSA) is 172 Å². The molecule has 2 aromatic carbocycles. The largest absolute Gasteiger partial charge is 0.388 e. The van der Waals surface area contributed by atoms with Gasteiger partial charge in [0, 0.05) is 12.1 Å². The minimum atomic E-state index is -2.23. The van der Waals surface area contributed by atoms with E-state index < -0.39 is 29.5 Å². The first-order valence-electron chi connectivity index (χ1n) is 9.01. The SMILES string of the molecule is Cc1ccc(N(C[C@H](O)[C@H](O)[C@H](O)C(O)O)N=Nc2ccc([N+](=O)[O-])cc2)cc1C. The van der Waals surface area contributed by atoms with Gasteiger partial charge in [0.25, 0.3) is 5.69 Å². The van der Waals surface area contributed by atoms with Gasteiger partial charge in [-0.15, -0.1) is 5.11 Å². The van der Waals surface area contributed by atoms with Gasteiger partial charge in [-0.1, -0.05) is 11.3 Å². The number of rotatable bonds is 9. The number of anilines is 1. The fraction of sp³-hybridized carbons (Fsp3) is 0.368. The molecular formula is C19H24N4O7. The minimum Gasteiger partial charge on any atom is -0.388 e. The van der Waals surface area contributed by atoms with E-state index in [2.05, 4.69) is 10.3 Å². The molecule has 0 heterocycles. The number of hydrogen-bond donors (Lipinski definition) is 5. The minimum absolute atomic E-state index is 0.102. The van der Waals surface area contributed by atoms with Crippen molar-refractivity contribution in [2.45, 2.75) is 38.4 Å². The zero-order valence-corrected chi connectivity index (χ0v) is 16.4. The highest BCUT2D eigenvalue weighted by Gasteiger charge is 2.31. The Morgan fingerprint density at radius 3 is 2.13 bits per heavy atom. The molecule has 0 unspecified atom stereocenters. The van der Waals surface area contributed by atoms with Gasteiger partial charge in [-0.25, -0.2) is 5.01 Å². The van der Waals surface area contributed by atoms with E-state index in [1.165, 1.54) is 29.3 Å². The Hall–Kier alpha value is -2.96. The van der Waals surface area contributed by atoms with Gasteiger partial charge in [-0.05, 0) is 49.2 Å². The Labute approximate surface area is 172 Å². The van der Waals surface area contributed by atoms with Gasteiger partial charge in [-0.2, -0.15) is 0 Å². The van der Waals surface area contributed by atoms with E-state index in [0.717, 1.165) is 11.1 Å². The van der Waals surface area contributed by atoms with E-state index in [-0.39, 0.29) is 12.2 Å². The Morgan fingerprint density at radius 2 is 1.60 bits per heavy atom. The highest BCUT2D eigenvalue weighted by Crippen LogP contribution is 2.23. The summed E-state index contributed by atoms with van der Waals surface area (Å²) in [6.45, 7) is 3.46. The van der Waals surface area contributed by atoms with Gasteiger partial charge < -0.3 is 25.5 Å². The van der Waals surface area contributed by atoms with Crippen molar-refractivity contribution in [1.29, 1.82) is 0 Å². The van der Waals surface area contributed by atoms with E-state index in [0.29, 0.717) is 11.4 Å². The Balaban J connectivity index is 2.28. The summed E-state index contributed by atoms with van der Waals surface area (Å²) in [6, 6.07) is 10.7. The molecule has 30 heavy (non-hydrogen) atoms. The molecule has 5 N–H and O–H groups in total. The molecule has 0 aliphatic heterocycles. The lowest BCUT2D eigenvalue weighted by Crippen LogP contribution is -2.48. The van der Waals surface area contributed by atoms with Gasteiger partial charge in [-0.3, -0.25) is 10.1 Å². The summed E-state index contributed by atoms with van der Waals surface area (Å²) < 4.78 is 0. The molecular weight excluding hydrogens is 396 g/mol. The number of non-ortho nitro benzene ring substituents is 1. The molecule has 0 saturated heterocycles. The third-order valence-electron chi connectivity index (χ3n) is 4.53. The number of benzene rings is 2. The summed E-state index contributed by atoms with van der Waals surface area (Å²) in [5.41, 5.74) is 2.69. The van der Waals surface area contributed by atoms with E-state index in [4.69, 9.17) is 10.2 Å². The monoisotopic (exact) mass is 420 g/mol. The smallest absolute Gasteiger partial charge is 0.269 e. The predicted octanol–water partition coefficient (Wildman–Crippen LogP) is 1.11. The number of aryl methyl sites for hydroxylation is 2. The van der Waals surface area contributed by atoms with Crippen LogP contribution in [0.4, 0.5) is 17.1 Å². The van der Waals surface area contributed by atoms with Crippen LogP contribution in [0.2, 0.25) is 0 Å². The number of aliphatic hydroxyl groups is 5. The zero-order chi connectivity index (χ0) is 22.4. The van der Waals surface area contributed by atoms with Crippen LogP contribution >= 0.6 is 0 Å². The molecule has 0 amide bonds. The van der Waals surface area contributed by atoms with Crippen molar-refractivity contribution in [3.05, 3.63) is 63.7 Å². The normalized spacial score (nSPS) is 14.7. The van der Waals surface area contributed by atoms with Crippen molar-refractivity contribution in [1.82, 2.24) is 0 Å². The summed E-state index contributed by atoms with van der Waals surface area (Å²) in [5, 5.41) is 67.8. The fourth-order valence-corrected chi connectivity index (χ4v) is 2.52. The lowest BCUT2D eigenvalue weighted by Gasteiger charge is -2.27. The molecule has 2 aromatic rings. The van der Waals surface area contributed by atoms with E-state index in [1.54, 1.807) is 12.1 Å². The second kappa shape index (κ2) is 10.2. The maximum absolute atomic E-state index is 10.7. The van der Waals surface area contributed by atoms with Gasteiger partial charge in [0.05, 0.1) is 22.8 Å². The zero-order valence-electron chi connectivity index (χ0n) is 16.4. The summed E-state index contributed by atoms with van der Waals surface area (Å²) in [4.78, 5) is 10.2. The van der Waals surface area contributed by atoms with E-state index in [9.17, 15) is 25.4 Å². The predicted molar refractivity (Wildman–Crippen MR) is 107 cm³/mol. The van der Waals surface area contributed by atoms with Crippen LogP contribution in [-0.4, -0.2) is 61.6 Å². The maximum Gasteiger partial charge on any atom is 0.269 e. The highest BCUT2D eigenvalue weighted by atomic mass is 16.6. The number of nitrogens with zero attached hydrogens (tertiary/aromatic N) is 4. The molecule has 0 aromatic heterocycles. The molecule has 0 aliphatic carbocycles. The molecule has 162 valence electrons. The third-order valence-corrected chi connectivity index (χ3v) is 4.53. The number of nitro groups is 1. The molecule has 0 saturated carbocycles. The van der Waals surface area contributed by atoms with Crippen molar-refractivity contribution in [3.63, 3.8) is 0 Å². The average Bonchev–Trinajstić information content (AvgIpc) is 2.72. The first kappa shape index (κ1) is 23.3. The molecule has 0 spiro atoms. The summed E-state index contributed by atoms with van der Waals surface area (Å²) >= 11 is 0. The Morgan fingerprint density at radius 1 is 0.967 bits per heavy atom. The molecule has 3 atom stereocenters. The molecule has 0 radical (unpaired) electrons. The van der Waals surface area contributed by atoms with Crippen molar-refractivity contribution in [2.24, 2.45) is 10.3 Å². The Bertz CT molecular complexity index is 889. The molecule has 0 aliphatic rings. The standard InChI is InChI=1S/C19H24N4O7/c1-11-3-6-15(9-12(11)2)22(10-16(24)17(25)18(26)19(27)28)21-20-13-4-7-14(8-5-13)23(29)30/h3-9,16-19,24-28H,10H2,1-2H3/t16-,17-,18-/m0/s1. The summed E-state index contributed by atoms with van der Waals surface area (Å²) in [6.07, 6.45) is -7.66. The second-order valence-electron chi connectivity index (χ2n) is 6.78. The first-order chi connectivity index (χ1) is 14.1. The van der Waals surface area contributed by atoms with Crippen LogP contribution in [-0.2, 0) is 0 Å². The van der Waals surface area contributed by atoms with E-state index in [1.807, 2.05) is 19.9 Å². The van der Waals surface area contributed by atoms with E-state index >= 15 is 0 Å². The number of hydrogen-bond acceptors (Lipinski definition) is 9. The lowest BCUT2D eigenvalue weighted by molar-refractivity contribution is -0.384. The van der Waals surface area contributed by atoms with Crippen LogP contribution in [0, 0.1) is 24.0 Å². The molecule has 11 heteroatoms. The van der Waals surface area contributed by atoms with Gasteiger partial charge >= 0.3 is 0 Å². The molecule has 0 fully saturated rings. The van der Waals surface area contributed by atoms with Crippen LogP contribution in [0.15, 0.2) is 52.8 Å². The number of aliphatic hydroxyl groups excluding tert-OH is 4. The summed E-state index contributed by atoms with van der Waals surface area (Å²) in [7, 11) is 0. The lowest BCUT2D eigenvalue weighted by atomic mass is 10.1. The third kappa shape index (κ3) is 6.02. The van der Waals surface area contributed by atoms with Crippen molar-refractivity contribution in [3.8, 4) is 0 Å². The van der Waals surface area contributed by atoms with Crippen LogP contribution in [0.25, 0.3) is 0 Å². The molecule has 11 nitrogen and oxygen atoms in total. The number of nitro benzene ring substituents is 1. The molecule has 2 rings (SSSR count). The van der Waals surface area contributed by atoms with Crippen molar-refractivity contribution >= 4 is 17.1 Å². The van der Waals surface area contributed by atoms with Crippen molar-refractivity contribution in [2.75, 3.05) is 11.6 Å². The van der Waals surface area contributed by atoms with Crippen LogP contribution < -0.4 is 5.01 Å². The quantitative estimate of drug-likeness (QED) is 0.174. The highest BCUT2D eigenvalue weighted by molar-refractivity contribution is 5.50. The van der Waals surface area contributed by atoms with Gasteiger partial charge in [0.2, 0.25) is 0 Å². The van der Waals surface area contributed by atoms with Crippen LogP contribution in [0.5, 0.6) is 0 Å². The van der Waals surface area contributed by atoms with Crippen LogP contribution in [0.1, 0.15) is 11.1 Å². The van der Waals surface area contributed by atoms with Gasteiger partial charge in [0.15, 0.2) is 6.29 Å². The first-order valence-corrected chi connectivity index (χ1v) is 9.01. The average molecular weight is 420 g/mol. The Kier molecular flexibility index (Phi) is 7.92. The van der Waals surface area contributed by atoms with Gasteiger partial charge in [0.1, 0.15) is 18.3 Å². The van der Waals surface area contributed by atoms with Crippen molar-refractivity contribution < 1.29 is 30.5 Å². The second-order valence-corrected chi connectivity index (χ2v) is 6.78. The fourth-order valence-electron chi connectivity index (χ4n) is 2.52. The maximum atomic E-state index is 10.7.